The van der Waals surface area contributed by atoms with Crippen LogP contribution >= 0.6 is 0 Å². The van der Waals surface area contributed by atoms with Gasteiger partial charge >= 0.3 is 0 Å². The summed E-state index contributed by atoms with van der Waals surface area (Å²) in [5.74, 6) is 0. The van der Waals surface area contributed by atoms with Gasteiger partial charge in [-0.1, -0.05) is 19.4 Å². The van der Waals surface area contributed by atoms with Crippen molar-refractivity contribution in [2.45, 2.75) is 32.6 Å². The first-order valence-electron chi connectivity index (χ1n) is 5.31. The third-order valence-electron chi connectivity index (χ3n) is 1.87. The molecule has 1 N–H and O–H groups in total. The Hall–Kier alpha value is -0.340. The molecule has 0 radical (unpaired) electrons. The molecule has 0 aliphatic rings. The van der Waals surface area contributed by atoms with Gasteiger partial charge < -0.3 is 10.1 Å². The van der Waals surface area contributed by atoms with E-state index < -0.39 is 0 Å². The van der Waals surface area contributed by atoms with Gasteiger partial charge in [-0.3, -0.25) is 0 Å². The molecule has 78 valence electrons. The monoisotopic (exact) mass is 185 g/mol. The van der Waals surface area contributed by atoms with Crippen LogP contribution in [0.5, 0.6) is 0 Å². The van der Waals surface area contributed by atoms with E-state index in [9.17, 15) is 0 Å². The first-order valence-corrected chi connectivity index (χ1v) is 5.31. The van der Waals surface area contributed by atoms with Crippen molar-refractivity contribution in [3.8, 4) is 0 Å². The number of unbranched alkanes of at least 4 members (excludes halogenated alkanes) is 3. The van der Waals surface area contributed by atoms with Crippen LogP contribution in [-0.4, -0.2) is 26.3 Å². The zero-order valence-electron chi connectivity index (χ0n) is 8.85. The predicted molar refractivity (Wildman–Crippen MR) is 58.0 cm³/mol. The molecule has 2 heteroatoms. The summed E-state index contributed by atoms with van der Waals surface area (Å²) < 4.78 is 5.43. The highest BCUT2D eigenvalue weighted by Gasteiger charge is 1.89. The molecule has 0 aromatic carbocycles. The van der Waals surface area contributed by atoms with Gasteiger partial charge in [0.1, 0.15) is 0 Å². The minimum atomic E-state index is 0.843. The first-order chi connectivity index (χ1) is 6.41. The number of hydrogen-bond acceptors (Lipinski definition) is 2. The van der Waals surface area contributed by atoms with Gasteiger partial charge in [-0.15, -0.1) is 6.58 Å². The summed E-state index contributed by atoms with van der Waals surface area (Å²) >= 11 is 0. The topological polar surface area (TPSA) is 21.3 Å². The van der Waals surface area contributed by atoms with Gasteiger partial charge in [0.05, 0.1) is 6.61 Å². The second-order valence-corrected chi connectivity index (χ2v) is 3.10. The van der Waals surface area contributed by atoms with Gasteiger partial charge in [0, 0.05) is 13.2 Å². The van der Waals surface area contributed by atoms with Crippen LogP contribution in [0, 0.1) is 0 Å². The molecule has 0 heterocycles. The van der Waals surface area contributed by atoms with Crippen LogP contribution in [-0.2, 0) is 4.74 Å². The molecule has 0 aliphatic carbocycles. The zero-order valence-corrected chi connectivity index (χ0v) is 8.85. The summed E-state index contributed by atoms with van der Waals surface area (Å²) in [7, 11) is 0. The Morgan fingerprint density at radius 1 is 1.23 bits per heavy atom. The minimum Gasteiger partial charge on any atom is -0.380 e. The molecule has 0 amide bonds. The molecule has 0 fully saturated rings. The van der Waals surface area contributed by atoms with Crippen molar-refractivity contribution in [3.05, 3.63) is 12.7 Å². The van der Waals surface area contributed by atoms with E-state index in [0.717, 1.165) is 32.7 Å². The van der Waals surface area contributed by atoms with Gasteiger partial charge in [-0.05, 0) is 25.8 Å². The van der Waals surface area contributed by atoms with Crippen LogP contribution < -0.4 is 5.32 Å². The Labute approximate surface area is 82.4 Å². The Balaban J connectivity index is 2.79. The lowest BCUT2D eigenvalue weighted by molar-refractivity contribution is 0.132. The Morgan fingerprint density at radius 3 is 2.77 bits per heavy atom. The fourth-order valence-electron chi connectivity index (χ4n) is 1.09. The first kappa shape index (κ1) is 12.7. The lowest BCUT2D eigenvalue weighted by Gasteiger charge is -2.03. The highest BCUT2D eigenvalue weighted by Crippen LogP contribution is 1.99. The summed E-state index contributed by atoms with van der Waals surface area (Å²) in [5.41, 5.74) is 0. The number of nitrogens with one attached hydrogen (secondary N) is 1. The Morgan fingerprint density at radius 2 is 2.08 bits per heavy atom. The molecule has 0 spiro atoms. The molecule has 0 unspecified atom stereocenters. The van der Waals surface area contributed by atoms with E-state index in [2.05, 4.69) is 18.8 Å². The van der Waals surface area contributed by atoms with Crippen LogP contribution in [0.15, 0.2) is 12.7 Å². The molecule has 0 aromatic heterocycles. The van der Waals surface area contributed by atoms with Crippen molar-refractivity contribution in [1.29, 1.82) is 0 Å². The third kappa shape index (κ3) is 11.7. The minimum absolute atomic E-state index is 0.843. The van der Waals surface area contributed by atoms with Crippen LogP contribution in [0.25, 0.3) is 0 Å². The van der Waals surface area contributed by atoms with Crippen molar-refractivity contribution in [1.82, 2.24) is 5.32 Å². The van der Waals surface area contributed by atoms with Gasteiger partial charge in [0.15, 0.2) is 0 Å². The van der Waals surface area contributed by atoms with Crippen molar-refractivity contribution < 1.29 is 4.74 Å². The second-order valence-electron chi connectivity index (χ2n) is 3.10. The van der Waals surface area contributed by atoms with Gasteiger partial charge in [-0.2, -0.15) is 0 Å². The zero-order chi connectivity index (χ0) is 9.78. The van der Waals surface area contributed by atoms with E-state index in [4.69, 9.17) is 4.74 Å². The normalized spacial score (nSPS) is 10.2. The highest BCUT2D eigenvalue weighted by molar-refractivity contribution is 4.65. The number of rotatable bonds is 10. The molecule has 0 bridgehead atoms. The Bertz CT molecular complexity index is 104. The van der Waals surface area contributed by atoms with Gasteiger partial charge in [-0.25, -0.2) is 0 Å². The molecule has 0 atom stereocenters. The smallest absolute Gasteiger partial charge is 0.0590 e. The van der Waals surface area contributed by atoms with Crippen molar-refractivity contribution in [2.24, 2.45) is 0 Å². The molecule has 0 saturated heterocycles. The van der Waals surface area contributed by atoms with Crippen LogP contribution in [0.3, 0.4) is 0 Å². The summed E-state index contributed by atoms with van der Waals surface area (Å²) in [6.07, 6.45) is 6.80. The summed E-state index contributed by atoms with van der Waals surface area (Å²) in [6.45, 7) is 9.55. The lowest BCUT2D eigenvalue weighted by Crippen LogP contribution is -2.19. The van der Waals surface area contributed by atoms with E-state index >= 15 is 0 Å². The van der Waals surface area contributed by atoms with Crippen molar-refractivity contribution in [2.75, 3.05) is 26.3 Å². The average molecular weight is 185 g/mol. The number of hydrogen-bond donors (Lipinski definition) is 1. The maximum atomic E-state index is 5.43. The molecule has 0 aromatic rings. The summed E-state index contributed by atoms with van der Waals surface area (Å²) in [4.78, 5) is 0. The quantitative estimate of drug-likeness (QED) is 0.417. The molecule has 0 rings (SSSR count). The summed E-state index contributed by atoms with van der Waals surface area (Å²) in [5, 5.41) is 3.22. The van der Waals surface area contributed by atoms with Crippen molar-refractivity contribution >= 4 is 0 Å². The SMILES string of the molecule is C=CCCCCCOCCNCC. The lowest BCUT2D eigenvalue weighted by atomic mass is 10.2. The molecule has 0 saturated carbocycles. The fourth-order valence-corrected chi connectivity index (χ4v) is 1.09. The average Bonchev–Trinajstić information content (AvgIpc) is 2.16. The molecule has 0 aliphatic heterocycles. The number of allylic oxidation sites excluding steroid dienone is 1. The van der Waals surface area contributed by atoms with Crippen LogP contribution in [0.4, 0.5) is 0 Å². The van der Waals surface area contributed by atoms with Crippen LogP contribution in [0.2, 0.25) is 0 Å². The highest BCUT2D eigenvalue weighted by atomic mass is 16.5. The molecule has 13 heavy (non-hydrogen) atoms. The number of likely N-dealkylation sites (N-methyl/N-ethyl adjacent to an activating group) is 1. The maximum Gasteiger partial charge on any atom is 0.0590 e. The maximum absolute atomic E-state index is 5.43. The van der Waals surface area contributed by atoms with E-state index in [1.165, 1.54) is 19.3 Å². The molecular weight excluding hydrogens is 162 g/mol. The van der Waals surface area contributed by atoms with E-state index in [1.54, 1.807) is 0 Å². The van der Waals surface area contributed by atoms with Crippen molar-refractivity contribution in [3.63, 3.8) is 0 Å². The van der Waals surface area contributed by atoms with Gasteiger partial charge in [0.25, 0.3) is 0 Å². The standard InChI is InChI=1S/C11H23NO/c1-3-5-6-7-8-10-13-11-9-12-4-2/h3,12H,1,4-11H2,2H3. The largest absolute Gasteiger partial charge is 0.380 e. The molecular formula is C11H23NO. The van der Waals surface area contributed by atoms with Crippen LogP contribution in [0.1, 0.15) is 32.6 Å². The van der Waals surface area contributed by atoms with E-state index in [0.29, 0.717) is 0 Å². The van der Waals surface area contributed by atoms with E-state index in [-0.39, 0.29) is 0 Å². The number of ether oxygens (including phenoxy) is 1. The summed E-state index contributed by atoms with van der Waals surface area (Å²) in [6, 6.07) is 0. The van der Waals surface area contributed by atoms with Gasteiger partial charge in [0.2, 0.25) is 0 Å². The van der Waals surface area contributed by atoms with E-state index in [1.807, 2.05) is 6.08 Å². The predicted octanol–water partition coefficient (Wildman–Crippen LogP) is 2.36. The molecule has 2 nitrogen and oxygen atoms in total. The second kappa shape index (κ2) is 11.7. The fraction of sp³-hybridized carbons (Fsp3) is 0.818. The third-order valence-corrected chi connectivity index (χ3v) is 1.87. The Kier molecular flexibility index (Phi) is 11.4.